The van der Waals surface area contributed by atoms with Gasteiger partial charge in [0.2, 0.25) is 0 Å². The van der Waals surface area contributed by atoms with Crippen molar-refractivity contribution < 1.29 is 9.59 Å². The zero-order valence-electron chi connectivity index (χ0n) is 28.2. The molecule has 1 saturated heterocycles. The lowest BCUT2D eigenvalue weighted by Gasteiger charge is -2.32. The number of carbonyl (C=O) groups excluding carboxylic acids is 2. The minimum atomic E-state index is -0.354. The molecule has 1 saturated carbocycles. The number of fused-ring (bicyclic) bond motifs is 1. The van der Waals surface area contributed by atoms with Gasteiger partial charge in [0, 0.05) is 72.6 Å². The fourth-order valence-corrected chi connectivity index (χ4v) is 6.59. The van der Waals surface area contributed by atoms with Crippen LogP contribution in [0.1, 0.15) is 52.9 Å². The van der Waals surface area contributed by atoms with E-state index >= 15 is 0 Å². The molecule has 50 heavy (non-hydrogen) atoms. The van der Waals surface area contributed by atoms with E-state index in [0.717, 1.165) is 84.7 Å². The van der Waals surface area contributed by atoms with Crippen molar-refractivity contribution in [1.82, 2.24) is 20.5 Å². The Hall–Kier alpha value is -5.78. The molecule has 2 amide bonds. The summed E-state index contributed by atoms with van der Waals surface area (Å²) in [5, 5.41) is 15.9. The second-order valence-corrected chi connectivity index (χ2v) is 13.3. The number of anilines is 1. The SMILES string of the molecule is C=C1NC=Cc2nc(-c3ccc(CN4CCC(NC(=O)c5cccc(N(C)C(=O)/C(C#N)=C/C6CC6)c5)CC4)cc3)c(-c3ccccc3)cc21. The van der Waals surface area contributed by atoms with Crippen molar-refractivity contribution in [3.8, 4) is 28.5 Å². The summed E-state index contributed by atoms with van der Waals surface area (Å²) >= 11 is 0. The second kappa shape index (κ2) is 14.4. The quantitative estimate of drug-likeness (QED) is 0.146. The lowest BCUT2D eigenvalue weighted by atomic mass is 9.94. The average molecular weight is 661 g/mol. The van der Waals surface area contributed by atoms with E-state index in [1.165, 1.54) is 10.5 Å². The molecule has 2 aliphatic heterocycles. The summed E-state index contributed by atoms with van der Waals surface area (Å²) in [6, 6.07) is 30.3. The molecule has 7 rings (SSSR count). The van der Waals surface area contributed by atoms with Gasteiger partial charge < -0.3 is 15.5 Å². The maximum atomic E-state index is 13.2. The molecular formula is C42H40N6O2. The second-order valence-electron chi connectivity index (χ2n) is 13.3. The number of carbonyl (C=O) groups is 2. The van der Waals surface area contributed by atoms with E-state index in [9.17, 15) is 14.9 Å². The largest absolute Gasteiger partial charge is 0.362 e. The number of amides is 2. The molecule has 0 bridgehead atoms. The number of allylic oxidation sites excluding steroid dienone is 1. The molecule has 0 unspecified atom stereocenters. The predicted octanol–water partition coefficient (Wildman–Crippen LogP) is 7.18. The first-order valence-corrected chi connectivity index (χ1v) is 17.2. The van der Waals surface area contributed by atoms with Crippen LogP contribution < -0.4 is 15.5 Å². The molecule has 0 atom stereocenters. The van der Waals surface area contributed by atoms with Crippen LogP contribution in [-0.4, -0.2) is 47.9 Å². The number of pyridine rings is 1. The van der Waals surface area contributed by atoms with Gasteiger partial charge in [0.15, 0.2) is 0 Å². The van der Waals surface area contributed by atoms with Crippen molar-refractivity contribution in [2.75, 3.05) is 25.0 Å². The Labute approximate surface area is 293 Å². The minimum absolute atomic E-state index is 0.0719. The highest BCUT2D eigenvalue weighted by atomic mass is 16.2. The zero-order valence-corrected chi connectivity index (χ0v) is 28.2. The van der Waals surface area contributed by atoms with E-state index in [1.807, 2.05) is 36.5 Å². The summed E-state index contributed by atoms with van der Waals surface area (Å²) in [4.78, 5) is 35.1. The van der Waals surface area contributed by atoms with Gasteiger partial charge in [-0.3, -0.25) is 14.5 Å². The van der Waals surface area contributed by atoms with Crippen molar-refractivity contribution in [3.63, 3.8) is 0 Å². The number of hydrogen-bond donors (Lipinski definition) is 2. The topological polar surface area (TPSA) is 101 Å². The lowest BCUT2D eigenvalue weighted by molar-refractivity contribution is -0.114. The third-order valence-corrected chi connectivity index (χ3v) is 9.69. The molecule has 250 valence electrons. The van der Waals surface area contributed by atoms with Crippen LogP contribution in [0.25, 0.3) is 34.2 Å². The van der Waals surface area contributed by atoms with Crippen LogP contribution in [-0.2, 0) is 11.3 Å². The fraction of sp³-hybridized carbons (Fsp3) is 0.238. The number of piperidine rings is 1. The molecular weight excluding hydrogens is 621 g/mol. The van der Waals surface area contributed by atoms with Gasteiger partial charge in [0.25, 0.3) is 11.8 Å². The predicted molar refractivity (Wildman–Crippen MR) is 198 cm³/mol. The molecule has 0 spiro atoms. The van der Waals surface area contributed by atoms with E-state index in [1.54, 1.807) is 37.4 Å². The van der Waals surface area contributed by atoms with Crippen LogP contribution in [0.4, 0.5) is 5.69 Å². The van der Waals surface area contributed by atoms with Crippen molar-refractivity contribution in [2.45, 2.75) is 38.3 Å². The van der Waals surface area contributed by atoms with Gasteiger partial charge in [-0.25, -0.2) is 4.98 Å². The van der Waals surface area contributed by atoms with Crippen LogP contribution in [0.15, 0.2) is 109 Å². The van der Waals surface area contributed by atoms with Crippen molar-refractivity contribution in [1.29, 1.82) is 5.26 Å². The number of benzene rings is 3. The molecule has 8 heteroatoms. The number of nitrogens with zero attached hydrogens (tertiary/aromatic N) is 4. The third kappa shape index (κ3) is 7.29. The number of nitrogens with one attached hydrogen (secondary N) is 2. The molecule has 8 nitrogen and oxygen atoms in total. The Morgan fingerprint density at radius 2 is 1.74 bits per heavy atom. The number of nitriles is 1. The molecule has 3 aliphatic rings. The van der Waals surface area contributed by atoms with E-state index in [-0.39, 0.29) is 23.4 Å². The third-order valence-electron chi connectivity index (χ3n) is 9.69. The van der Waals surface area contributed by atoms with Crippen molar-refractivity contribution in [3.05, 3.63) is 132 Å². The number of likely N-dealkylation sites (tertiary alicyclic amines) is 1. The van der Waals surface area contributed by atoms with Gasteiger partial charge in [-0.15, -0.1) is 0 Å². The molecule has 0 radical (unpaired) electrons. The molecule has 1 aliphatic carbocycles. The summed E-state index contributed by atoms with van der Waals surface area (Å²) in [5.74, 6) is -0.189. The fourth-order valence-electron chi connectivity index (χ4n) is 6.59. The van der Waals surface area contributed by atoms with Gasteiger partial charge in [0.1, 0.15) is 11.6 Å². The molecule has 3 aromatic carbocycles. The summed E-state index contributed by atoms with van der Waals surface area (Å²) in [6.07, 6.45) is 9.37. The normalized spacial score (nSPS) is 16.2. The summed E-state index contributed by atoms with van der Waals surface area (Å²) in [7, 11) is 1.64. The molecule has 4 aromatic rings. The smallest absolute Gasteiger partial charge is 0.268 e. The maximum absolute atomic E-state index is 13.2. The number of likely N-dealkylation sites (N-methyl/N-ethyl adjacent to an activating group) is 1. The summed E-state index contributed by atoms with van der Waals surface area (Å²) < 4.78 is 0. The standard InChI is InChI=1S/C42H40N6O2/c1-28-37-25-38(31-7-4-3-5-8-31)40(46-39(37)17-20-44-28)32-15-13-30(14-16-32)27-48-21-18-35(19-22-48)45-41(49)33-9-6-10-36(24-33)47(2)42(50)34(26-43)23-29-11-12-29/h3-10,13-17,20,23-25,29,35,44H,1,11-12,18-19,21-22,27H2,2H3,(H,45,49)/b34-23+. The van der Waals surface area contributed by atoms with Gasteiger partial charge in [-0.05, 0) is 73.1 Å². The molecule has 2 fully saturated rings. The monoisotopic (exact) mass is 660 g/mol. The van der Waals surface area contributed by atoms with Crippen molar-refractivity contribution >= 4 is 29.3 Å². The maximum Gasteiger partial charge on any atom is 0.268 e. The van der Waals surface area contributed by atoms with E-state index in [4.69, 9.17) is 4.98 Å². The van der Waals surface area contributed by atoms with E-state index in [2.05, 4.69) is 64.6 Å². The first-order valence-electron chi connectivity index (χ1n) is 17.2. The first-order chi connectivity index (χ1) is 24.4. The van der Waals surface area contributed by atoms with Crippen LogP contribution in [0.2, 0.25) is 0 Å². The Morgan fingerprint density at radius 1 is 0.980 bits per heavy atom. The van der Waals surface area contributed by atoms with Crippen LogP contribution in [0.5, 0.6) is 0 Å². The van der Waals surface area contributed by atoms with Gasteiger partial charge in [0.05, 0.1) is 11.4 Å². The number of rotatable bonds is 9. The van der Waals surface area contributed by atoms with Crippen molar-refractivity contribution in [2.24, 2.45) is 5.92 Å². The first kappa shape index (κ1) is 32.8. The Kier molecular flexibility index (Phi) is 9.41. The number of aromatic nitrogens is 1. The Balaban J connectivity index is 0.961. The minimum Gasteiger partial charge on any atom is -0.362 e. The lowest BCUT2D eigenvalue weighted by Crippen LogP contribution is -2.44. The van der Waals surface area contributed by atoms with Crippen LogP contribution in [0, 0.1) is 17.2 Å². The van der Waals surface area contributed by atoms with Gasteiger partial charge in [-0.2, -0.15) is 5.26 Å². The molecule has 1 aromatic heterocycles. The van der Waals surface area contributed by atoms with Gasteiger partial charge in [-0.1, -0.05) is 73.3 Å². The van der Waals surface area contributed by atoms with Crippen LogP contribution >= 0.6 is 0 Å². The molecule has 3 heterocycles. The Bertz CT molecular complexity index is 2030. The summed E-state index contributed by atoms with van der Waals surface area (Å²) in [6.45, 7) is 6.76. The summed E-state index contributed by atoms with van der Waals surface area (Å²) in [5.41, 5.74) is 9.40. The van der Waals surface area contributed by atoms with Gasteiger partial charge >= 0.3 is 0 Å². The highest BCUT2D eigenvalue weighted by molar-refractivity contribution is 6.08. The number of hydrogen-bond acceptors (Lipinski definition) is 6. The zero-order chi connectivity index (χ0) is 34.6. The van der Waals surface area contributed by atoms with E-state index < -0.39 is 0 Å². The Morgan fingerprint density at radius 3 is 2.46 bits per heavy atom. The van der Waals surface area contributed by atoms with Crippen LogP contribution in [0.3, 0.4) is 0 Å². The highest BCUT2D eigenvalue weighted by Crippen LogP contribution is 2.35. The average Bonchev–Trinajstić information content (AvgIpc) is 3.99. The highest BCUT2D eigenvalue weighted by Gasteiger charge is 2.25. The molecule has 2 N–H and O–H groups in total. The van der Waals surface area contributed by atoms with E-state index in [0.29, 0.717) is 17.2 Å².